The van der Waals surface area contributed by atoms with Gasteiger partial charge in [-0.2, -0.15) is 5.26 Å². The van der Waals surface area contributed by atoms with Gasteiger partial charge in [0.25, 0.3) is 5.56 Å². The fourth-order valence-electron chi connectivity index (χ4n) is 2.69. The molecule has 0 saturated heterocycles. The van der Waals surface area contributed by atoms with E-state index in [0.29, 0.717) is 33.7 Å². The van der Waals surface area contributed by atoms with Crippen LogP contribution in [0.25, 0.3) is 16.6 Å². The van der Waals surface area contributed by atoms with E-state index < -0.39 is 0 Å². The van der Waals surface area contributed by atoms with Crippen molar-refractivity contribution >= 4 is 10.9 Å². The van der Waals surface area contributed by atoms with Gasteiger partial charge in [-0.05, 0) is 36.4 Å². The third-order valence-electron chi connectivity index (χ3n) is 3.88. The first-order chi connectivity index (χ1) is 11.6. The summed E-state index contributed by atoms with van der Waals surface area (Å²) in [4.78, 5) is 17.8. The minimum atomic E-state index is -0.146. The Kier molecular flexibility index (Phi) is 4.05. The van der Waals surface area contributed by atoms with Crippen LogP contribution in [0.2, 0.25) is 0 Å². The highest BCUT2D eigenvalue weighted by Gasteiger charge is 2.17. The van der Waals surface area contributed by atoms with Crippen molar-refractivity contribution in [2.75, 3.05) is 7.11 Å². The first-order valence-electron chi connectivity index (χ1n) is 7.67. The predicted molar refractivity (Wildman–Crippen MR) is 92.7 cm³/mol. The highest BCUT2D eigenvalue weighted by Crippen LogP contribution is 2.25. The van der Waals surface area contributed by atoms with Crippen LogP contribution < -0.4 is 10.3 Å². The van der Waals surface area contributed by atoms with Gasteiger partial charge in [-0.1, -0.05) is 19.9 Å². The van der Waals surface area contributed by atoms with Gasteiger partial charge in [-0.25, -0.2) is 4.98 Å². The zero-order chi connectivity index (χ0) is 17.3. The SMILES string of the molecule is COc1cccc2c(=O)n(-c3ccc(C#N)cc3)c(C(C)C)nc12. The van der Waals surface area contributed by atoms with Crippen molar-refractivity contribution in [2.45, 2.75) is 19.8 Å². The van der Waals surface area contributed by atoms with Gasteiger partial charge in [0.2, 0.25) is 0 Å². The fourth-order valence-corrected chi connectivity index (χ4v) is 2.69. The predicted octanol–water partition coefficient (Wildman–Crippen LogP) is 3.39. The molecule has 1 aromatic heterocycles. The number of benzene rings is 2. The van der Waals surface area contributed by atoms with Crippen molar-refractivity contribution in [1.29, 1.82) is 5.26 Å². The van der Waals surface area contributed by atoms with Crippen LogP contribution in [0.5, 0.6) is 5.75 Å². The summed E-state index contributed by atoms with van der Waals surface area (Å²) in [5.74, 6) is 1.28. The second-order valence-corrected chi connectivity index (χ2v) is 5.78. The molecule has 0 aliphatic rings. The first-order valence-corrected chi connectivity index (χ1v) is 7.67. The standard InChI is InChI=1S/C19H17N3O2/c1-12(2)18-21-17-15(5-4-6-16(17)24-3)19(23)22(18)14-9-7-13(11-20)8-10-14/h4-10,12H,1-3H3. The Morgan fingerprint density at radius 2 is 1.88 bits per heavy atom. The molecule has 0 unspecified atom stereocenters. The molecule has 0 aliphatic carbocycles. The molecule has 5 nitrogen and oxygen atoms in total. The summed E-state index contributed by atoms with van der Waals surface area (Å²) >= 11 is 0. The van der Waals surface area contributed by atoms with Gasteiger partial charge in [0, 0.05) is 5.92 Å². The maximum atomic E-state index is 13.1. The average Bonchev–Trinajstić information content (AvgIpc) is 2.61. The Hall–Kier alpha value is -3.13. The normalized spacial score (nSPS) is 10.8. The third kappa shape index (κ3) is 2.52. The van der Waals surface area contributed by atoms with Crippen LogP contribution in [0.3, 0.4) is 0 Å². The maximum Gasteiger partial charge on any atom is 0.266 e. The van der Waals surface area contributed by atoms with Gasteiger partial charge in [-0.3, -0.25) is 9.36 Å². The molecule has 24 heavy (non-hydrogen) atoms. The Balaban J connectivity index is 2.38. The van der Waals surface area contributed by atoms with Crippen LogP contribution in [0, 0.1) is 11.3 Å². The summed E-state index contributed by atoms with van der Waals surface area (Å²) in [6.07, 6.45) is 0. The van der Waals surface area contributed by atoms with E-state index >= 15 is 0 Å². The van der Waals surface area contributed by atoms with E-state index in [-0.39, 0.29) is 11.5 Å². The van der Waals surface area contributed by atoms with Crippen LogP contribution in [-0.4, -0.2) is 16.7 Å². The van der Waals surface area contributed by atoms with Gasteiger partial charge >= 0.3 is 0 Å². The van der Waals surface area contributed by atoms with Crippen LogP contribution in [0.15, 0.2) is 47.3 Å². The first kappa shape index (κ1) is 15.8. The molecule has 0 N–H and O–H groups in total. The van der Waals surface area contributed by atoms with E-state index in [1.807, 2.05) is 13.8 Å². The number of nitrogens with zero attached hydrogens (tertiary/aromatic N) is 3. The molecule has 3 aromatic rings. The lowest BCUT2D eigenvalue weighted by molar-refractivity contribution is 0.418. The number of ether oxygens (including phenoxy) is 1. The van der Waals surface area contributed by atoms with E-state index in [1.54, 1.807) is 54.1 Å². The number of rotatable bonds is 3. The van der Waals surface area contributed by atoms with Gasteiger partial charge in [0.1, 0.15) is 17.1 Å². The smallest absolute Gasteiger partial charge is 0.266 e. The molecule has 2 aromatic carbocycles. The number of methoxy groups -OCH3 is 1. The summed E-state index contributed by atoms with van der Waals surface area (Å²) in [5.41, 5.74) is 1.67. The average molecular weight is 319 g/mol. The minimum Gasteiger partial charge on any atom is -0.494 e. The van der Waals surface area contributed by atoms with Crippen molar-refractivity contribution in [2.24, 2.45) is 0 Å². The van der Waals surface area contributed by atoms with E-state index in [4.69, 9.17) is 15.0 Å². The van der Waals surface area contributed by atoms with Gasteiger partial charge in [-0.15, -0.1) is 0 Å². The third-order valence-corrected chi connectivity index (χ3v) is 3.88. The molecule has 0 bridgehead atoms. The second kappa shape index (κ2) is 6.17. The number of aromatic nitrogens is 2. The zero-order valence-corrected chi connectivity index (χ0v) is 13.8. The summed E-state index contributed by atoms with van der Waals surface area (Å²) in [6, 6.07) is 14.3. The molecular weight excluding hydrogens is 302 g/mol. The molecule has 0 amide bonds. The summed E-state index contributed by atoms with van der Waals surface area (Å²) < 4.78 is 6.95. The topological polar surface area (TPSA) is 67.9 Å². The van der Waals surface area contributed by atoms with Crippen molar-refractivity contribution in [3.05, 3.63) is 64.2 Å². The van der Waals surface area contributed by atoms with Gasteiger partial charge in [0.05, 0.1) is 29.8 Å². The zero-order valence-electron chi connectivity index (χ0n) is 13.8. The molecule has 3 rings (SSSR count). The Labute approximate surface area is 139 Å². The van der Waals surface area contributed by atoms with E-state index in [9.17, 15) is 4.79 Å². The molecule has 0 fully saturated rings. The van der Waals surface area contributed by atoms with Crippen LogP contribution in [-0.2, 0) is 0 Å². The summed E-state index contributed by atoms with van der Waals surface area (Å²) in [6.45, 7) is 3.98. The van der Waals surface area contributed by atoms with Crippen molar-refractivity contribution < 1.29 is 4.74 Å². The molecule has 0 saturated carbocycles. The number of para-hydroxylation sites is 1. The molecule has 0 aliphatic heterocycles. The fraction of sp³-hybridized carbons (Fsp3) is 0.211. The highest BCUT2D eigenvalue weighted by molar-refractivity contribution is 5.84. The summed E-state index contributed by atoms with van der Waals surface area (Å²) in [7, 11) is 1.57. The molecule has 120 valence electrons. The lowest BCUT2D eigenvalue weighted by Crippen LogP contribution is -2.24. The molecule has 1 heterocycles. The Morgan fingerprint density at radius 3 is 2.46 bits per heavy atom. The van der Waals surface area contributed by atoms with Crippen molar-refractivity contribution in [1.82, 2.24) is 9.55 Å². The Bertz CT molecular complexity index is 996. The van der Waals surface area contributed by atoms with Crippen LogP contribution in [0.4, 0.5) is 0 Å². The molecular formula is C19H17N3O2. The number of hydrogen-bond donors (Lipinski definition) is 0. The maximum absolute atomic E-state index is 13.1. The molecule has 5 heteroatoms. The van der Waals surface area contributed by atoms with Gasteiger partial charge < -0.3 is 4.74 Å². The van der Waals surface area contributed by atoms with E-state index in [1.165, 1.54) is 0 Å². The number of hydrogen-bond acceptors (Lipinski definition) is 4. The molecule has 0 atom stereocenters. The van der Waals surface area contributed by atoms with Crippen LogP contribution >= 0.6 is 0 Å². The van der Waals surface area contributed by atoms with Crippen molar-refractivity contribution in [3.63, 3.8) is 0 Å². The van der Waals surface area contributed by atoms with Crippen LogP contribution in [0.1, 0.15) is 31.2 Å². The quantitative estimate of drug-likeness (QED) is 0.742. The lowest BCUT2D eigenvalue weighted by atomic mass is 10.1. The minimum absolute atomic E-state index is 0.0441. The number of fused-ring (bicyclic) bond motifs is 1. The van der Waals surface area contributed by atoms with E-state index in [2.05, 4.69) is 6.07 Å². The largest absolute Gasteiger partial charge is 0.494 e. The molecule has 0 radical (unpaired) electrons. The number of nitriles is 1. The Morgan fingerprint density at radius 1 is 1.17 bits per heavy atom. The van der Waals surface area contributed by atoms with Crippen molar-refractivity contribution in [3.8, 4) is 17.5 Å². The second-order valence-electron chi connectivity index (χ2n) is 5.78. The summed E-state index contributed by atoms with van der Waals surface area (Å²) in [5, 5.41) is 9.45. The molecule has 0 spiro atoms. The van der Waals surface area contributed by atoms with E-state index in [0.717, 1.165) is 0 Å². The monoisotopic (exact) mass is 319 g/mol. The highest BCUT2D eigenvalue weighted by atomic mass is 16.5. The lowest BCUT2D eigenvalue weighted by Gasteiger charge is -2.17. The van der Waals surface area contributed by atoms with Gasteiger partial charge in [0.15, 0.2) is 0 Å².